The van der Waals surface area contributed by atoms with Crippen molar-refractivity contribution in [2.24, 2.45) is 22.7 Å². The van der Waals surface area contributed by atoms with E-state index in [2.05, 4.69) is 45.2 Å². The number of nitrogens with one attached hydrogen (secondary N) is 1. The summed E-state index contributed by atoms with van der Waals surface area (Å²) in [6.45, 7) is 8.49. The van der Waals surface area contributed by atoms with Crippen LogP contribution in [0.1, 0.15) is 64.1 Å². The molecule has 0 amide bonds. The zero-order chi connectivity index (χ0) is 47.4. The zero-order valence-electron chi connectivity index (χ0n) is 39.5. The monoisotopic (exact) mass is 936 g/mol. The Morgan fingerprint density at radius 1 is 0.955 bits per heavy atom. The van der Waals surface area contributed by atoms with Gasteiger partial charge in [0.25, 0.3) is 0 Å². The minimum Gasteiger partial charge on any atom is -0.507 e. The molecular weight excluding hydrogens is 873 g/mol. The van der Waals surface area contributed by atoms with Gasteiger partial charge in [-0.15, -0.1) is 0 Å². The number of H-pyrrole nitrogens is 1. The van der Waals surface area contributed by atoms with Gasteiger partial charge in [-0.3, -0.25) is 19.4 Å². The van der Waals surface area contributed by atoms with Crippen LogP contribution in [0.4, 0.5) is 0 Å². The number of ether oxygens (including phenoxy) is 4. The number of methoxy groups -OCH3 is 3. The van der Waals surface area contributed by atoms with Crippen LogP contribution in [0.5, 0.6) is 5.75 Å². The summed E-state index contributed by atoms with van der Waals surface area (Å²) in [4.78, 5) is 55.5. The molecule has 1 spiro atoms. The molecule has 6 heterocycles. The van der Waals surface area contributed by atoms with E-state index in [0.717, 1.165) is 43.2 Å². The van der Waals surface area contributed by atoms with Crippen molar-refractivity contribution in [2.75, 3.05) is 61.1 Å². The number of likely N-dealkylation sites (N-methyl/N-ethyl adjacent to an activating group) is 1. The predicted molar refractivity (Wildman–Crippen MR) is 251 cm³/mol. The van der Waals surface area contributed by atoms with E-state index >= 15 is 4.79 Å². The number of benzene rings is 2. The topological polar surface area (TPSA) is 174 Å². The van der Waals surface area contributed by atoms with Crippen LogP contribution in [-0.2, 0) is 45.2 Å². The number of aromatic hydroxyl groups is 1. The van der Waals surface area contributed by atoms with Crippen LogP contribution >= 0.6 is 11.8 Å². The summed E-state index contributed by atoms with van der Waals surface area (Å²) < 4.78 is 24.3. The molecule has 12 atom stereocenters. The fourth-order valence-corrected chi connectivity index (χ4v) is 15.6. The quantitative estimate of drug-likeness (QED) is 0.121. The molecule has 1 aromatic heterocycles. The molecule has 14 nitrogen and oxygen atoms in total. The summed E-state index contributed by atoms with van der Waals surface area (Å²) in [7, 11) is 6.22. The van der Waals surface area contributed by atoms with E-state index in [4.69, 9.17) is 18.9 Å². The van der Waals surface area contributed by atoms with Gasteiger partial charge in [0.1, 0.15) is 11.2 Å². The lowest BCUT2D eigenvalue weighted by Crippen LogP contribution is -2.79. The highest BCUT2D eigenvalue weighted by Gasteiger charge is 2.81. The Kier molecular flexibility index (Phi) is 11.4. The number of carbonyl (C=O) groups excluding carboxylic acids is 3. The maximum absolute atomic E-state index is 15.7. The lowest BCUT2D eigenvalue weighted by atomic mass is 9.47. The molecule has 2 bridgehead atoms. The largest absolute Gasteiger partial charge is 0.507 e. The number of hydrogen-bond acceptors (Lipinski definition) is 14. The Morgan fingerprint density at radius 2 is 1.73 bits per heavy atom. The van der Waals surface area contributed by atoms with E-state index in [1.165, 1.54) is 32.9 Å². The minimum atomic E-state index is -2.32. The molecule has 5 aliphatic heterocycles. The van der Waals surface area contributed by atoms with Gasteiger partial charge in [-0.2, -0.15) is 0 Å². The zero-order valence-corrected chi connectivity index (χ0v) is 40.4. The molecule has 3 saturated heterocycles. The standard InChI is InChI=1S/C52H64N4O10S/c1-8-48(61)26-31-27-51(46(59)64-6,42-33(17-21-55(28-31)29-48)34-23-32(15-16-37(34)53-42)67-41-14-11-10-13-39(41)58)36-24-35-38(25-40(36)63-5)54(4)44-50(35)19-22-56-20-12-18-49(9-2,43(50)56)45(66-30(3)57)52(44,62)47(60)65-7/h10-16,18,23-25,31,36,40,43-45,53,58,61-62H,8-9,17,19-22,26-29H2,1-7H3/t31-,36?,40?,43+,44-,45-,48+,49-,50-,51+,52+/m1/s1. The number of esters is 3. The Labute approximate surface area is 396 Å². The summed E-state index contributed by atoms with van der Waals surface area (Å²) in [5.41, 5.74) is -2.34. The maximum atomic E-state index is 15.7. The number of phenolic OH excluding ortho intramolecular Hbond substituents is 1. The molecule has 3 aromatic rings. The number of hydrogen-bond donors (Lipinski definition) is 4. The number of piperidine rings is 1. The molecule has 4 N–H and O–H groups in total. The molecule has 0 radical (unpaired) electrons. The van der Waals surface area contributed by atoms with Crippen molar-refractivity contribution in [3.63, 3.8) is 0 Å². The molecule has 1 saturated carbocycles. The number of fused-ring (bicyclic) bond motifs is 6. The molecule has 3 unspecified atom stereocenters. The first-order valence-electron chi connectivity index (χ1n) is 23.8. The first-order chi connectivity index (χ1) is 32.1. The summed E-state index contributed by atoms with van der Waals surface area (Å²) in [6, 6.07) is 12.2. The van der Waals surface area contributed by atoms with Crippen molar-refractivity contribution < 1.29 is 48.7 Å². The summed E-state index contributed by atoms with van der Waals surface area (Å²) in [5, 5.41) is 37.3. The normalized spacial score (nSPS) is 37.4. The molecule has 358 valence electrons. The van der Waals surface area contributed by atoms with Crippen LogP contribution in [0.15, 0.2) is 87.8 Å². The number of carbonyl (C=O) groups is 3. The SMILES string of the molecule is CC[C@]1(O)C[C@H]2CN(CCc3c([nH]c4ccc(Sc5ccccc5O)cc34)[C@@](C(=O)OC)(C3C=C4C(=CC3OC)N(C)[C@H]3[C@@](O)(C(=O)OC)[C@H](OC(C)=O)[C@]5(CC)C=CCN6CC[C@]43[C@@H]65)C2)C1. The second kappa shape index (κ2) is 16.5. The Bertz CT molecular complexity index is 2610. The molecule has 15 heteroatoms. The average molecular weight is 937 g/mol. The molecule has 67 heavy (non-hydrogen) atoms. The van der Waals surface area contributed by atoms with Gasteiger partial charge >= 0.3 is 17.9 Å². The van der Waals surface area contributed by atoms with E-state index in [-0.39, 0.29) is 17.7 Å². The first-order valence-corrected chi connectivity index (χ1v) is 24.6. The number of likely N-dealkylation sites (tertiary alicyclic amines) is 1. The highest BCUT2D eigenvalue weighted by molar-refractivity contribution is 7.99. The lowest BCUT2D eigenvalue weighted by Gasteiger charge is -2.63. The molecule has 2 aromatic carbocycles. The Hall–Kier alpha value is -4.64. The number of para-hydroxylation sites is 1. The number of aromatic nitrogens is 1. The molecule has 4 fully saturated rings. The van der Waals surface area contributed by atoms with Crippen molar-refractivity contribution in [2.45, 2.75) is 110 Å². The van der Waals surface area contributed by atoms with Gasteiger partial charge in [0, 0.05) is 97.2 Å². The second-order valence-corrected chi connectivity index (χ2v) is 21.4. The molecule has 2 aliphatic carbocycles. The minimum absolute atomic E-state index is 0.123. The van der Waals surface area contributed by atoms with Crippen molar-refractivity contribution in [1.29, 1.82) is 0 Å². The number of phenols is 1. The predicted octanol–water partition coefficient (Wildman–Crippen LogP) is 5.49. The van der Waals surface area contributed by atoms with Crippen molar-refractivity contribution in [3.05, 3.63) is 89.3 Å². The van der Waals surface area contributed by atoms with E-state index in [1.807, 2.05) is 50.1 Å². The number of allylic oxidation sites excluding steroid dienone is 1. The van der Waals surface area contributed by atoms with Crippen LogP contribution in [0.2, 0.25) is 0 Å². The number of aromatic amines is 1. The second-order valence-electron chi connectivity index (χ2n) is 20.3. The van der Waals surface area contributed by atoms with Gasteiger partial charge < -0.3 is 44.2 Å². The Morgan fingerprint density at radius 3 is 2.43 bits per heavy atom. The van der Waals surface area contributed by atoms with Crippen LogP contribution in [-0.4, -0.2) is 150 Å². The van der Waals surface area contributed by atoms with Crippen LogP contribution in [0, 0.1) is 22.7 Å². The van der Waals surface area contributed by atoms with Crippen molar-refractivity contribution >= 4 is 40.6 Å². The van der Waals surface area contributed by atoms with E-state index in [1.54, 1.807) is 19.2 Å². The van der Waals surface area contributed by atoms with Gasteiger partial charge in [-0.1, -0.05) is 56.0 Å². The lowest BCUT2D eigenvalue weighted by molar-refractivity contribution is -0.243. The van der Waals surface area contributed by atoms with Gasteiger partial charge in [0.15, 0.2) is 6.10 Å². The smallest absolute Gasteiger partial charge is 0.344 e. The molecule has 7 aliphatic rings. The van der Waals surface area contributed by atoms with Gasteiger partial charge in [0.05, 0.1) is 36.9 Å². The van der Waals surface area contributed by atoms with E-state index in [9.17, 15) is 24.9 Å². The van der Waals surface area contributed by atoms with Gasteiger partial charge in [0.2, 0.25) is 5.60 Å². The highest BCUT2D eigenvalue weighted by atomic mass is 32.2. The third-order valence-corrected chi connectivity index (χ3v) is 18.2. The molecular formula is C52H64N4O10S. The van der Waals surface area contributed by atoms with Crippen LogP contribution in [0.3, 0.4) is 0 Å². The summed E-state index contributed by atoms with van der Waals surface area (Å²) in [5.74, 6) is -2.53. The average Bonchev–Trinajstić information content (AvgIpc) is 3.98. The molecule has 10 rings (SSSR count). The first kappa shape index (κ1) is 46.1. The van der Waals surface area contributed by atoms with E-state index in [0.29, 0.717) is 71.2 Å². The van der Waals surface area contributed by atoms with E-state index < -0.39 is 69.5 Å². The fourth-order valence-electron chi connectivity index (χ4n) is 14.7. The number of rotatable bonds is 9. The van der Waals surface area contributed by atoms with Gasteiger partial charge in [-0.05, 0) is 98.5 Å². The number of aliphatic hydroxyl groups is 2. The number of nitrogens with zero attached hydrogens (tertiary/aromatic N) is 3. The van der Waals surface area contributed by atoms with Crippen LogP contribution in [0.25, 0.3) is 10.9 Å². The van der Waals surface area contributed by atoms with Gasteiger partial charge in [-0.25, -0.2) is 4.79 Å². The fraction of sp³-hybridized carbons (Fsp3) is 0.558. The summed E-state index contributed by atoms with van der Waals surface area (Å²) >= 11 is 1.47. The highest BCUT2D eigenvalue weighted by Crippen LogP contribution is 2.70. The van der Waals surface area contributed by atoms with Crippen LogP contribution < -0.4 is 0 Å². The Balaban J connectivity index is 1.23. The van der Waals surface area contributed by atoms with Crippen molar-refractivity contribution in [3.8, 4) is 5.75 Å². The third kappa shape index (κ3) is 6.50. The summed E-state index contributed by atoms with van der Waals surface area (Å²) in [6.07, 6.45) is 9.38. The maximum Gasteiger partial charge on any atom is 0.344 e. The third-order valence-electron chi connectivity index (χ3n) is 17.2. The van der Waals surface area contributed by atoms with Crippen molar-refractivity contribution in [1.82, 2.24) is 19.7 Å².